The van der Waals surface area contributed by atoms with Crippen LogP contribution >= 0.6 is 11.6 Å². The number of rotatable bonds is 13. The molecule has 2 aromatic heterocycles. The van der Waals surface area contributed by atoms with E-state index in [9.17, 15) is 22.8 Å². The molecule has 11 nitrogen and oxygen atoms in total. The Labute approximate surface area is 322 Å². The number of carbonyl (C=O) groups is 2. The van der Waals surface area contributed by atoms with Crippen molar-refractivity contribution in [2.75, 3.05) is 26.1 Å². The summed E-state index contributed by atoms with van der Waals surface area (Å²) in [6.07, 6.45) is 0.967. The first-order chi connectivity index (χ1) is 26.5. The van der Waals surface area contributed by atoms with Crippen LogP contribution in [-0.2, 0) is 35.3 Å². The van der Waals surface area contributed by atoms with Crippen LogP contribution in [0.4, 0.5) is 19.0 Å². The van der Waals surface area contributed by atoms with Gasteiger partial charge in [-0.25, -0.2) is 0 Å². The number of halogens is 4. The number of amides is 2. The quantitative estimate of drug-likeness (QED) is 0.101. The zero-order valence-electron chi connectivity index (χ0n) is 30.5. The van der Waals surface area contributed by atoms with Gasteiger partial charge >= 0.3 is 6.18 Å². The van der Waals surface area contributed by atoms with Crippen molar-refractivity contribution >= 4 is 29.2 Å². The fraction of sp³-hybridized carbons (Fsp3) is 0.400. The molecule has 2 aliphatic heterocycles. The van der Waals surface area contributed by atoms with E-state index in [0.717, 1.165) is 52.3 Å². The molecule has 4 heterocycles. The van der Waals surface area contributed by atoms with Gasteiger partial charge in [-0.15, -0.1) is 0 Å². The molecular weight excluding hydrogens is 735 g/mol. The van der Waals surface area contributed by atoms with Crippen LogP contribution in [0.2, 0.25) is 5.02 Å². The van der Waals surface area contributed by atoms with E-state index in [-0.39, 0.29) is 47.8 Å². The average molecular weight is 778 g/mol. The average Bonchev–Trinajstić information content (AvgIpc) is 3.80. The minimum atomic E-state index is -4.69. The summed E-state index contributed by atoms with van der Waals surface area (Å²) in [5.74, 6) is 0.394. The van der Waals surface area contributed by atoms with Gasteiger partial charge in [0, 0.05) is 67.0 Å². The Balaban J connectivity index is 1.14. The number of hydrogen-bond donors (Lipinski definition) is 5. The van der Waals surface area contributed by atoms with Gasteiger partial charge in [0.15, 0.2) is 0 Å². The number of alkyl halides is 3. The summed E-state index contributed by atoms with van der Waals surface area (Å²) in [4.78, 5) is 32.1. The number of nitrogens with zero attached hydrogens (tertiary/aromatic N) is 2. The molecular formula is C40H43ClF3N7O4. The Kier molecular flexibility index (Phi) is 11.5. The Bertz CT molecular complexity index is 2080. The highest BCUT2D eigenvalue weighted by Gasteiger charge is 2.37. The molecule has 3 aliphatic rings. The van der Waals surface area contributed by atoms with E-state index in [1.807, 2.05) is 42.5 Å². The first-order valence-corrected chi connectivity index (χ1v) is 18.8. The van der Waals surface area contributed by atoms with Crippen molar-refractivity contribution in [2.45, 2.75) is 82.5 Å². The largest absolute Gasteiger partial charge is 0.496 e. The van der Waals surface area contributed by atoms with E-state index in [2.05, 4.69) is 36.6 Å². The first-order valence-electron chi connectivity index (χ1n) is 18.4. The van der Waals surface area contributed by atoms with Crippen LogP contribution in [0.5, 0.6) is 11.6 Å². The molecule has 0 bridgehead atoms. The SMILES string of the molecule is COc1cc(-c2nccc(-c3cccc4c3CCC[C@H]4Nc3nc(OC)c(CN[C@@H]4CCC(=O)N4)cc3C(F)(F)F)c2Cl)ccc1CNC[C@@H]1CCC(=O)N1. The Morgan fingerprint density at radius 2 is 1.73 bits per heavy atom. The fourth-order valence-electron chi connectivity index (χ4n) is 7.69. The normalized spacial score (nSPS) is 19.5. The fourth-order valence-corrected chi connectivity index (χ4v) is 8.01. The van der Waals surface area contributed by atoms with Crippen molar-refractivity contribution in [1.29, 1.82) is 0 Å². The highest BCUT2D eigenvalue weighted by molar-refractivity contribution is 6.35. The predicted octanol–water partition coefficient (Wildman–Crippen LogP) is 6.68. The van der Waals surface area contributed by atoms with Crippen LogP contribution < -0.4 is 36.1 Å². The Morgan fingerprint density at radius 1 is 0.909 bits per heavy atom. The first kappa shape index (κ1) is 38.4. The third-order valence-corrected chi connectivity index (χ3v) is 10.8. The van der Waals surface area contributed by atoms with E-state index in [4.69, 9.17) is 21.1 Å². The van der Waals surface area contributed by atoms with E-state index in [1.54, 1.807) is 13.3 Å². The number of benzene rings is 2. The van der Waals surface area contributed by atoms with Gasteiger partial charge in [-0.3, -0.25) is 19.9 Å². The van der Waals surface area contributed by atoms with Crippen molar-refractivity contribution in [2.24, 2.45) is 0 Å². The molecule has 2 amide bonds. The van der Waals surface area contributed by atoms with E-state index < -0.39 is 17.8 Å². The van der Waals surface area contributed by atoms with Gasteiger partial charge in [0.05, 0.1) is 42.7 Å². The van der Waals surface area contributed by atoms with Gasteiger partial charge in [0.1, 0.15) is 11.6 Å². The summed E-state index contributed by atoms with van der Waals surface area (Å²) in [6.45, 7) is 1.24. The van der Waals surface area contributed by atoms with Crippen LogP contribution in [-0.4, -0.2) is 54.8 Å². The van der Waals surface area contributed by atoms with Gasteiger partial charge in [-0.2, -0.15) is 18.2 Å². The van der Waals surface area contributed by atoms with Gasteiger partial charge in [0.25, 0.3) is 0 Å². The smallest absolute Gasteiger partial charge is 0.419 e. The molecule has 15 heteroatoms. The summed E-state index contributed by atoms with van der Waals surface area (Å²) in [5, 5.41) is 15.8. The number of pyridine rings is 2. The minimum absolute atomic E-state index is 0.0330. The molecule has 4 aromatic rings. The molecule has 290 valence electrons. The summed E-state index contributed by atoms with van der Waals surface area (Å²) >= 11 is 7.14. The maximum Gasteiger partial charge on any atom is 0.419 e. The predicted molar refractivity (Wildman–Crippen MR) is 203 cm³/mol. The zero-order chi connectivity index (χ0) is 38.7. The number of hydrogen-bond acceptors (Lipinski definition) is 9. The molecule has 2 fully saturated rings. The Hall–Kier alpha value is -4.92. The zero-order valence-corrected chi connectivity index (χ0v) is 31.3. The van der Waals surface area contributed by atoms with Gasteiger partial charge in [0.2, 0.25) is 17.7 Å². The highest BCUT2D eigenvalue weighted by atomic mass is 35.5. The molecule has 0 radical (unpaired) electrons. The van der Waals surface area contributed by atoms with Crippen LogP contribution in [0.25, 0.3) is 22.4 Å². The van der Waals surface area contributed by atoms with Crippen molar-refractivity contribution in [3.8, 4) is 34.0 Å². The molecule has 0 unspecified atom stereocenters. The second-order valence-electron chi connectivity index (χ2n) is 14.0. The molecule has 55 heavy (non-hydrogen) atoms. The van der Waals surface area contributed by atoms with Crippen molar-refractivity contribution in [3.05, 3.63) is 87.6 Å². The number of fused-ring (bicyclic) bond motifs is 1. The maximum atomic E-state index is 14.6. The molecule has 0 spiro atoms. The number of methoxy groups -OCH3 is 2. The number of ether oxygens (including phenoxy) is 2. The summed E-state index contributed by atoms with van der Waals surface area (Å²) < 4.78 is 54.9. The number of aromatic nitrogens is 2. The molecule has 0 saturated carbocycles. The summed E-state index contributed by atoms with van der Waals surface area (Å²) in [6, 6.07) is 14.2. The van der Waals surface area contributed by atoms with E-state index in [1.165, 1.54) is 7.11 Å². The molecule has 2 aromatic carbocycles. The lowest BCUT2D eigenvalue weighted by atomic mass is 9.83. The topological polar surface area (TPSA) is 139 Å². The number of anilines is 1. The maximum absolute atomic E-state index is 14.6. The second kappa shape index (κ2) is 16.4. The van der Waals surface area contributed by atoms with Gasteiger partial charge in [-0.1, -0.05) is 41.9 Å². The lowest BCUT2D eigenvalue weighted by Gasteiger charge is -2.30. The van der Waals surface area contributed by atoms with Crippen LogP contribution in [0.15, 0.2) is 54.7 Å². The van der Waals surface area contributed by atoms with Gasteiger partial charge < -0.3 is 30.7 Å². The van der Waals surface area contributed by atoms with E-state index >= 15 is 0 Å². The molecule has 7 rings (SSSR count). The monoisotopic (exact) mass is 777 g/mol. The second-order valence-corrected chi connectivity index (χ2v) is 14.4. The van der Waals surface area contributed by atoms with Crippen molar-refractivity contribution in [1.82, 2.24) is 31.2 Å². The number of carbonyl (C=O) groups excluding carboxylic acids is 2. The molecule has 1 aliphatic carbocycles. The lowest BCUT2D eigenvalue weighted by Crippen LogP contribution is -2.38. The van der Waals surface area contributed by atoms with Crippen molar-refractivity contribution < 1.29 is 32.2 Å². The summed E-state index contributed by atoms with van der Waals surface area (Å²) in [7, 11) is 2.98. The van der Waals surface area contributed by atoms with E-state index in [0.29, 0.717) is 61.7 Å². The molecule has 5 N–H and O–H groups in total. The Morgan fingerprint density at radius 3 is 2.45 bits per heavy atom. The number of nitrogens with one attached hydrogen (secondary N) is 5. The standard InChI is InChI=1S/C40H43ClF3N7O4/c1-54-32-18-22(9-10-23(32)19-45-21-25-11-13-34(52)48-25)37-36(41)29(15-16-46-37)27-5-3-7-28-26(27)6-4-8-31(28)49-38-30(40(42,43)44)17-24(39(51-38)55-2)20-47-33-12-14-35(53)50-33/h3,5,7,9-10,15-18,25,31,33,45,47H,4,6,8,11-14,19-21H2,1-2H3,(H,48,52)(H,49,51)(H,50,53)/t25-,31+,33-/m0/s1. The lowest BCUT2D eigenvalue weighted by molar-refractivity contribution is -0.137. The highest BCUT2D eigenvalue weighted by Crippen LogP contribution is 2.44. The van der Waals surface area contributed by atoms with Gasteiger partial charge in [-0.05, 0) is 67.0 Å². The van der Waals surface area contributed by atoms with Crippen LogP contribution in [0, 0.1) is 0 Å². The minimum Gasteiger partial charge on any atom is -0.496 e. The molecule has 2 saturated heterocycles. The summed E-state index contributed by atoms with van der Waals surface area (Å²) in [5.41, 5.74) is 5.12. The molecule has 3 atom stereocenters. The van der Waals surface area contributed by atoms with Crippen LogP contribution in [0.3, 0.4) is 0 Å². The third-order valence-electron chi connectivity index (χ3n) is 10.4. The van der Waals surface area contributed by atoms with Crippen LogP contribution in [0.1, 0.15) is 72.4 Å². The third kappa shape index (κ3) is 8.51. The van der Waals surface area contributed by atoms with Crippen molar-refractivity contribution in [3.63, 3.8) is 0 Å².